The highest BCUT2D eigenvalue weighted by atomic mass is 79.9. The van der Waals surface area contributed by atoms with Crippen LogP contribution in [0.3, 0.4) is 0 Å². The van der Waals surface area contributed by atoms with E-state index in [4.69, 9.17) is 16.7 Å². The van der Waals surface area contributed by atoms with Crippen molar-refractivity contribution in [2.75, 3.05) is 31.1 Å². The van der Waals surface area contributed by atoms with E-state index in [1.165, 1.54) is 4.90 Å². The van der Waals surface area contributed by atoms with E-state index in [1.807, 2.05) is 4.90 Å². The Hall–Kier alpha value is -1.01. The van der Waals surface area contributed by atoms with Crippen molar-refractivity contribution in [2.24, 2.45) is 0 Å². The number of amides is 1. The van der Waals surface area contributed by atoms with Gasteiger partial charge in [-0.25, -0.2) is 9.78 Å². The summed E-state index contributed by atoms with van der Waals surface area (Å²) in [5, 5.41) is 9.43. The molecule has 7 heteroatoms. The summed E-state index contributed by atoms with van der Waals surface area (Å²) in [5.74, 6) is 0.805. The SMILES string of the molecule is O=C(O)N1CCN(c2ncc(Cl)cc2Br)CC1. The van der Waals surface area contributed by atoms with E-state index in [0.717, 1.165) is 10.3 Å². The van der Waals surface area contributed by atoms with E-state index in [1.54, 1.807) is 12.3 Å². The molecule has 0 aromatic carbocycles. The number of halogens is 2. The maximum absolute atomic E-state index is 10.8. The molecule has 0 bridgehead atoms. The predicted molar refractivity (Wildman–Crippen MR) is 68.8 cm³/mol. The lowest BCUT2D eigenvalue weighted by atomic mass is 10.3. The van der Waals surface area contributed by atoms with Gasteiger partial charge < -0.3 is 14.9 Å². The summed E-state index contributed by atoms with van der Waals surface area (Å²) in [4.78, 5) is 18.5. The van der Waals surface area contributed by atoms with Crippen LogP contribution in [-0.2, 0) is 0 Å². The standard InChI is InChI=1S/C10H11BrClN3O2/c11-8-5-7(12)6-13-9(8)14-1-3-15(4-2-14)10(16)17/h5-6H,1-4H2,(H,16,17). The highest BCUT2D eigenvalue weighted by Crippen LogP contribution is 2.27. The second-order valence-corrected chi connectivity index (χ2v) is 5.01. The lowest BCUT2D eigenvalue weighted by Gasteiger charge is -2.34. The molecule has 17 heavy (non-hydrogen) atoms. The maximum Gasteiger partial charge on any atom is 0.407 e. The van der Waals surface area contributed by atoms with Gasteiger partial charge in [0.15, 0.2) is 0 Å². The first-order valence-electron chi connectivity index (χ1n) is 5.12. The summed E-state index contributed by atoms with van der Waals surface area (Å²) >= 11 is 9.23. The van der Waals surface area contributed by atoms with Crippen LogP contribution in [0.2, 0.25) is 5.02 Å². The lowest BCUT2D eigenvalue weighted by molar-refractivity contribution is 0.142. The van der Waals surface area contributed by atoms with Crippen LogP contribution in [0.1, 0.15) is 0 Å². The van der Waals surface area contributed by atoms with Crippen molar-refractivity contribution < 1.29 is 9.90 Å². The molecule has 1 N–H and O–H groups in total. The number of aromatic nitrogens is 1. The van der Waals surface area contributed by atoms with Gasteiger partial charge in [-0.15, -0.1) is 0 Å². The molecule has 92 valence electrons. The van der Waals surface area contributed by atoms with E-state index in [-0.39, 0.29) is 0 Å². The first-order chi connectivity index (χ1) is 8.08. The third-order valence-corrected chi connectivity index (χ3v) is 3.43. The quantitative estimate of drug-likeness (QED) is 0.862. The minimum absolute atomic E-state index is 0.492. The molecule has 0 unspecified atom stereocenters. The second-order valence-electron chi connectivity index (χ2n) is 3.72. The molecule has 5 nitrogen and oxygen atoms in total. The molecular weight excluding hydrogens is 309 g/mol. The van der Waals surface area contributed by atoms with Crippen molar-refractivity contribution in [2.45, 2.75) is 0 Å². The first kappa shape index (κ1) is 12.4. The lowest BCUT2D eigenvalue weighted by Crippen LogP contribution is -2.48. The number of carboxylic acid groups (broad SMARTS) is 1. The molecule has 1 aliphatic rings. The zero-order valence-electron chi connectivity index (χ0n) is 8.94. The van der Waals surface area contributed by atoms with Gasteiger partial charge in [-0.2, -0.15) is 0 Å². The number of rotatable bonds is 1. The van der Waals surface area contributed by atoms with Crippen LogP contribution < -0.4 is 4.90 Å². The Morgan fingerprint density at radius 2 is 2.06 bits per heavy atom. The Labute approximate surface area is 112 Å². The summed E-state index contributed by atoms with van der Waals surface area (Å²) in [7, 11) is 0. The molecule has 1 aromatic heterocycles. The molecule has 1 saturated heterocycles. The molecule has 1 fully saturated rings. The number of piperazine rings is 1. The normalized spacial score (nSPS) is 16.1. The van der Waals surface area contributed by atoms with Crippen LogP contribution in [0.4, 0.5) is 10.6 Å². The predicted octanol–water partition coefficient (Wildman–Crippen LogP) is 2.30. The van der Waals surface area contributed by atoms with Gasteiger partial charge in [0.05, 0.1) is 9.50 Å². The maximum atomic E-state index is 10.8. The van der Waals surface area contributed by atoms with Crippen LogP contribution in [0.25, 0.3) is 0 Å². The van der Waals surface area contributed by atoms with Gasteiger partial charge in [0.1, 0.15) is 5.82 Å². The average Bonchev–Trinajstić information content (AvgIpc) is 2.29. The van der Waals surface area contributed by atoms with Crippen molar-refractivity contribution in [3.05, 3.63) is 21.8 Å². The van der Waals surface area contributed by atoms with Crippen molar-refractivity contribution in [1.82, 2.24) is 9.88 Å². The van der Waals surface area contributed by atoms with Crippen molar-refractivity contribution >= 4 is 39.4 Å². The Morgan fingerprint density at radius 1 is 1.41 bits per heavy atom. The molecule has 0 radical (unpaired) electrons. The number of anilines is 1. The van der Waals surface area contributed by atoms with E-state index in [0.29, 0.717) is 31.2 Å². The first-order valence-corrected chi connectivity index (χ1v) is 6.29. The van der Waals surface area contributed by atoms with E-state index < -0.39 is 6.09 Å². The van der Waals surface area contributed by atoms with Gasteiger partial charge in [-0.1, -0.05) is 11.6 Å². The zero-order valence-corrected chi connectivity index (χ0v) is 11.3. The Kier molecular flexibility index (Phi) is 3.73. The summed E-state index contributed by atoms with van der Waals surface area (Å²) in [6, 6.07) is 1.79. The fourth-order valence-electron chi connectivity index (χ4n) is 1.75. The molecule has 1 aliphatic heterocycles. The monoisotopic (exact) mass is 319 g/mol. The number of pyridine rings is 1. The highest BCUT2D eigenvalue weighted by Gasteiger charge is 2.22. The molecular formula is C10H11BrClN3O2. The third kappa shape index (κ3) is 2.81. The van der Waals surface area contributed by atoms with Crippen LogP contribution in [0, 0.1) is 0 Å². The van der Waals surface area contributed by atoms with Crippen molar-refractivity contribution in [3.8, 4) is 0 Å². The largest absolute Gasteiger partial charge is 0.465 e. The molecule has 0 atom stereocenters. The molecule has 0 aliphatic carbocycles. The minimum Gasteiger partial charge on any atom is -0.465 e. The molecule has 0 saturated carbocycles. The van der Waals surface area contributed by atoms with Gasteiger partial charge in [0, 0.05) is 32.4 Å². The second kappa shape index (κ2) is 5.10. The van der Waals surface area contributed by atoms with Crippen molar-refractivity contribution in [3.63, 3.8) is 0 Å². The summed E-state index contributed by atoms with van der Waals surface area (Å²) in [6.45, 7) is 2.26. The molecule has 2 heterocycles. The van der Waals surface area contributed by atoms with Crippen molar-refractivity contribution in [1.29, 1.82) is 0 Å². The van der Waals surface area contributed by atoms with E-state index >= 15 is 0 Å². The third-order valence-electron chi connectivity index (χ3n) is 2.64. The fourth-order valence-corrected chi connectivity index (χ4v) is 2.64. The smallest absolute Gasteiger partial charge is 0.407 e. The number of carbonyl (C=O) groups is 1. The number of nitrogens with zero attached hydrogens (tertiary/aromatic N) is 3. The highest BCUT2D eigenvalue weighted by molar-refractivity contribution is 9.10. The van der Waals surface area contributed by atoms with Gasteiger partial charge in [0.25, 0.3) is 0 Å². The summed E-state index contributed by atoms with van der Waals surface area (Å²) in [6.07, 6.45) is 0.721. The average molecular weight is 321 g/mol. The topological polar surface area (TPSA) is 56.7 Å². The minimum atomic E-state index is -0.868. The molecule has 0 spiro atoms. The zero-order chi connectivity index (χ0) is 12.4. The van der Waals surface area contributed by atoms with Gasteiger partial charge in [-0.3, -0.25) is 0 Å². The number of hydrogen-bond donors (Lipinski definition) is 1. The van der Waals surface area contributed by atoms with Gasteiger partial charge in [-0.05, 0) is 22.0 Å². The van der Waals surface area contributed by atoms with Gasteiger partial charge in [0.2, 0.25) is 0 Å². The van der Waals surface area contributed by atoms with Crippen LogP contribution in [0.5, 0.6) is 0 Å². The van der Waals surface area contributed by atoms with E-state index in [9.17, 15) is 4.79 Å². The van der Waals surface area contributed by atoms with E-state index in [2.05, 4.69) is 20.9 Å². The summed E-state index contributed by atoms with van der Waals surface area (Å²) < 4.78 is 0.828. The molecule has 1 amide bonds. The molecule has 1 aromatic rings. The fraction of sp³-hybridized carbons (Fsp3) is 0.400. The van der Waals surface area contributed by atoms with Crippen LogP contribution in [0.15, 0.2) is 16.7 Å². The molecule has 2 rings (SSSR count). The Morgan fingerprint density at radius 3 is 2.59 bits per heavy atom. The number of hydrogen-bond acceptors (Lipinski definition) is 3. The van der Waals surface area contributed by atoms with Crippen LogP contribution >= 0.6 is 27.5 Å². The van der Waals surface area contributed by atoms with Crippen LogP contribution in [-0.4, -0.2) is 47.3 Å². The Bertz CT molecular complexity index is 436. The summed E-state index contributed by atoms with van der Waals surface area (Å²) in [5.41, 5.74) is 0. The van der Waals surface area contributed by atoms with Gasteiger partial charge >= 0.3 is 6.09 Å². The Balaban J connectivity index is 2.08.